The molecule has 2 aromatic rings. The van der Waals surface area contributed by atoms with Crippen LogP contribution in [0, 0.1) is 0 Å². The van der Waals surface area contributed by atoms with Crippen LogP contribution in [-0.4, -0.2) is 4.98 Å². The average molecular weight is 198 g/mol. The number of rotatable bonds is 2. The molecular formula is C13H14N2. The van der Waals surface area contributed by atoms with Crippen molar-refractivity contribution in [2.45, 2.75) is 13.3 Å². The first-order valence-electron chi connectivity index (χ1n) is 5.11. The van der Waals surface area contributed by atoms with Gasteiger partial charge in [0.2, 0.25) is 0 Å². The fourth-order valence-electron chi connectivity index (χ4n) is 1.56. The number of pyridine rings is 1. The van der Waals surface area contributed by atoms with Crippen LogP contribution in [0.25, 0.3) is 11.3 Å². The van der Waals surface area contributed by atoms with Crippen LogP contribution in [0.15, 0.2) is 42.5 Å². The maximum Gasteiger partial charge on any atom is 0.124 e. The predicted octanol–water partition coefficient (Wildman–Crippen LogP) is 2.89. The molecule has 0 spiro atoms. The predicted molar refractivity (Wildman–Crippen MR) is 63.5 cm³/mol. The molecule has 15 heavy (non-hydrogen) atoms. The summed E-state index contributed by atoms with van der Waals surface area (Å²) in [5.74, 6) is 0.564. The second-order valence-corrected chi connectivity index (χ2v) is 3.50. The van der Waals surface area contributed by atoms with E-state index in [0.717, 1.165) is 17.7 Å². The Hall–Kier alpha value is -1.83. The highest BCUT2D eigenvalue weighted by Gasteiger charge is 1.99. The summed E-state index contributed by atoms with van der Waals surface area (Å²) in [6.45, 7) is 2.14. The van der Waals surface area contributed by atoms with E-state index in [9.17, 15) is 0 Å². The Morgan fingerprint density at radius 3 is 2.67 bits per heavy atom. The molecule has 0 unspecified atom stereocenters. The van der Waals surface area contributed by atoms with Gasteiger partial charge in [-0.1, -0.05) is 31.2 Å². The Kier molecular flexibility index (Phi) is 2.68. The first-order valence-corrected chi connectivity index (χ1v) is 5.11. The topological polar surface area (TPSA) is 38.9 Å². The molecule has 1 aromatic heterocycles. The number of aromatic nitrogens is 1. The van der Waals surface area contributed by atoms with E-state index in [1.807, 2.05) is 12.1 Å². The zero-order valence-electron chi connectivity index (χ0n) is 8.77. The third kappa shape index (κ3) is 2.15. The Morgan fingerprint density at radius 1 is 1.13 bits per heavy atom. The van der Waals surface area contributed by atoms with Crippen molar-refractivity contribution in [3.8, 4) is 11.3 Å². The molecule has 0 saturated carbocycles. The number of benzene rings is 1. The van der Waals surface area contributed by atoms with E-state index in [4.69, 9.17) is 5.73 Å². The number of anilines is 1. The standard InChI is InChI=1S/C13H14N2/c1-2-10-5-3-6-11(9-10)12-7-4-8-13(14)15-12/h3-9H,2H2,1H3,(H2,14,15). The lowest BCUT2D eigenvalue weighted by Crippen LogP contribution is -1.91. The molecule has 0 amide bonds. The lowest BCUT2D eigenvalue weighted by molar-refractivity contribution is 1.14. The molecule has 0 bridgehead atoms. The third-order valence-electron chi connectivity index (χ3n) is 2.40. The van der Waals surface area contributed by atoms with Gasteiger partial charge in [-0.05, 0) is 30.2 Å². The highest BCUT2D eigenvalue weighted by molar-refractivity contribution is 5.61. The van der Waals surface area contributed by atoms with Gasteiger partial charge in [-0.15, -0.1) is 0 Å². The van der Waals surface area contributed by atoms with Crippen molar-refractivity contribution in [1.82, 2.24) is 4.98 Å². The van der Waals surface area contributed by atoms with Crippen molar-refractivity contribution in [2.24, 2.45) is 0 Å². The fourth-order valence-corrected chi connectivity index (χ4v) is 1.56. The summed E-state index contributed by atoms with van der Waals surface area (Å²) in [7, 11) is 0. The van der Waals surface area contributed by atoms with Crippen LogP contribution in [0.2, 0.25) is 0 Å². The zero-order valence-corrected chi connectivity index (χ0v) is 8.77. The van der Waals surface area contributed by atoms with Gasteiger partial charge < -0.3 is 5.73 Å². The molecule has 1 heterocycles. The minimum absolute atomic E-state index is 0.564. The van der Waals surface area contributed by atoms with Crippen LogP contribution in [0.5, 0.6) is 0 Å². The van der Waals surface area contributed by atoms with Crippen molar-refractivity contribution in [3.05, 3.63) is 48.0 Å². The molecule has 2 N–H and O–H groups in total. The lowest BCUT2D eigenvalue weighted by atomic mass is 10.1. The smallest absolute Gasteiger partial charge is 0.124 e. The molecule has 76 valence electrons. The van der Waals surface area contributed by atoms with Crippen molar-refractivity contribution in [1.29, 1.82) is 0 Å². The van der Waals surface area contributed by atoms with Crippen LogP contribution in [0.4, 0.5) is 5.82 Å². The monoisotopic (exact) mass is 198 g/mol. The third-order valence-corrected chi connectivity index (χ3v) is 2.40. The minimum atomic E-state index is 0.564. The van der Waals surface area contributed by atoms with Gasteiger partial charge in [-0.25, -0.2) is 4.98 Å². The Morgan fingerprint density at radius 2 is 1.93 bits per heavy atom. The van der Waals surface area contributed by atoms with Crippen LogP contribution in [0.1, 0.15) is 12.5 Å². The van der Waals surface area contributed by atoms with Gasteiger partial charge in [0.1, 0.15) is 5.82 Å². The van der Waals surface area contributed by atoms with Crippen LogP contribution in [0.3, 0.4) is 0 Å². The van der Waals surface area contributed by atoms with Crippen molar-refractivity contribution in [3.63, 3.8) is 0 Å². The summed E-state index contributed by atoms with van der Waals surface area (Å²) in [5.41, 5.74) is 9.03. The first kappa shape index (κ1) is 9.71. The SMILES string of the molecule is CCc1cccc(-c2cccc(N)n2)c1. The minimum Gasteiger partial charge on any atom is -0.384 e. The maximum absolute atomic E-state index is 5.66. The first-order chi connectivity index (χ1) is 7.29. The van der Waals surface area contributed by atoms with E-state index < -0.39 is 0 Å². The Bertz CT molecular complexity index is 464. The number of nitrogens with two attached hydrogens (primary N) is 1. The molecule has 0 aliphatic carbocycles. The molecule has 1 aromatic carbocycles. The number of hydrogen-bond acceptors (Lipinski definition) is 2. The molecule has 0 aliphatic heterocycles. The molecule has 0 fully saturated rings. The molecule has 0 atom stereocenters. The maximum atomic E-state index is 5.66. The van der Waals surface area contributed by atoms with Gasteiger partial charge in [0.25, 0.3) is 0 Å². The van der Waals surface area contributed by atoms with Crippen LogP contribution in [-0.2, 0) is 6.42 Å². The highest BCUT2D eigenvalue weighted by atomic mass is 14.8. The van der Waals surface area contributed by atoms with E-state index in [1.165, 1.54) is 5.56 Å². The molecule has 2 nitrogen and oxygen atoms in total. The van der Waals surface area contributed by atoms with Gasteiger partial charge in [-0.2, -0.15) is 0 Å². The largest absolute Gasteiger partial charge is 0.384 e. The number of nitrogens with zero attached hydrogens (tertiary/aromatic N) is 1. The van der Waals surface area contributed by atoms with E-state index in [-0.39, 0.29) is 0 Å². The van der Waals surface area contributed by atoms with Crippen molar-refractivity contribution >= 4 is 5.82 Å². The number of hydrogen-bond donors (Lipinski definition) is 1. The fraction of sp³-hybridized carbons (Fsp3) is 0.154. The number of nitrogen functional groups attached to an aromatic ring is 1. The molecule has 2 heteroatoms. The summed E-state index contributed by atoms with van der Waals surface area (Å²) in [6, 6.07) is 14.1. The summed E-state index contributed by atoms with van der Waals surface area (Å²) in [6.07, 6.45) is 1.04. The summed E-state index contributed by atoms with van der Waals surface area (Å²) >= 11 is 0. The van der Waals surface area contributed by atoms with E-state index in [1.54, 1.807) is 6.07 Å². The molecule has 0 saturated heterocycles. The van der Waals surface area contributed by atoms with Gasteiger partial charge in [0.15, 0.2) is 0 Å². The Balaban J connectivity index is 2.44. The normalized spacial score (nSPS) is 10.2. The molecule has 2 rings (SSSR count). The summed E-state index contributed by atoms with van der Waals surface area (Å²) in [4.78, 5) is 4.30. The summed E-state index contributed by atoms with van der Waals surface area (Å²) in [5, 5.41) is 0. The van der Waals surface area contributed by atoms with E-state index in [2.05, 4.69) is 36.2 Å². The van der Waals surface area contributed by atoms with Crippen LogP contribution >= 0.6 is 0 Å². The van der Waals surface area contributed by atoms with E-state index >= 15 is 0 Å². The van der Waals surface area contributed by atoms with Gasteiger partial charge in [0, 0.05) is 5.56 Å². The van der Waals surface area contributed by atoms with Crippen molar-refractivity contribution in [2.75, 3.05) is 5.73 Å². The van der Waals surface area contributed by atoms with Gasteiger partial charge >= 0.3 is 0 Å². The molecule has 0 radical (unpaired) electrons. The van der Waals surface area contributed by atoms with Crippen LogP contribution < -0.4 is 5.73 Å². The Labute approximate surface area is 89.8 Å². The second kappa shape index (κ2) is 4.13. The van der Waals surface area contributed by atoms with E-state index in [0.29, 0.717) is 5.82 Å². The van der Waals surface area contributed by atoms with Gasteiger partial charge in [0.05, 0.1) is 5.69 Å². The highest BCUT2D eigenvalue weighted by Crippen LogP contribution is 2.19. The molecule has 0 aliphatic rings. The zero-order chi connectivity index (χ0) is 10.7. The number of aryl methyl sites for hydroxylation is 1. The van der Waals surface area contributed by atoms with Gasteiger partial charge in [-0.3, -0.25) is 0 Å². The summed E-state index contributed by atoms with van der Waals surface area (Å²) < 4.78 is 0. The second-order valence-electron chi connectivity index (χ2n) is 3.50. The lowest BCUT2D eigenvalue weighted by Gasteiger charge is -2.03. The molecular weight excluding hydrogens is 184 g/mol. The average Bonchev–Trinajstić information content (AvgIpc) is 2.29. The van der Waals surface area contributed by atoms with Crippen molar-refractivity contribution < 1.29 is 0 Å². The quantitative estimate of drug-likeness (QED) is 0.805.